The average Bonchev–Trinajstić information content (AvgIpc) is 2.91. The maximum Gasteiger partial charge on any atom is 0.325 e. The summed E-state index contributed by atoms with van der Waals surface area (Å²) < 4.78 is 5.14. The lowest BCUT2D eigenvalue weighted by Crippen LogP contribution is -2.49. The van der Waals surface area contributed by atoms with Gasteiger partial charge in [-0.05, 0) is 50.3 Å². The minimum atomic E-state index is -1.18. The Morgan fingerprint density at radius 2 is 1.96 bits per heavy atom. The number of likely N-dealkylation sites (tertiary alicyclic amines) is 1. The van der Waals surface area contributed by atoms with Crippen LogP contribution in [0.25, 0.3) is 0 Å². The molecule has 1 N–H and O–H groups in total. The standard InChI is InChI=1S/C20H27N3O4/c1-4-15-7-5-6-12-22(15)17(24)13-23-18(25)20(2,21-19(23)26)14-8-10-16(27-3)11-9-14/h8-11,15H,4-7,12-13H2,1-3H3,(H,21,26)/t15-,20+/m1/s1. The summed E-state index contributed by atoms with van der Waals surface area (Å²) >= 11 is 0. The first-order chi connectivity index (χ1) is 12.9. The average molecular weight is 373 g/mol. The molecule has 2 fully saturated rings. The third-order valence-corrected chi connectivity index (χ3v) is 5.65. The van der Waals surface area contributed by atoms with Crippen molar-refractivity contribution in [1.82, 2.24) is 15.1 Å². The van der Waals surface area contributed by atoms with Crippen LogP contribution in [0.4, 0.5) is 4.79 Å². The number of nitrogens with zero attached hydrogens (tertiary/aromatic N) is 2. The number of hydrogen-bond acceptors (Lipinski definition) is 4. The molecule has 0 aliphatic carbocycles. The largest absolute Gasteiger partial charge is 0.497 e. The Labute approximate surface area is 159 Å². The third-order valence-electron chi connectivity index (χ3n) is 5.65. The number of methoxy groups -OCH3 is 1. The molecule has 7 heteroatoms. The van der Waals surface area contributed by atoms with E-state index in [1.807, 2.05) is 4.90 Å². The second kappa shape index (κ2) is 7.58. The highest BCUT2D eigenvalue weighted by molar-refractivity contribution is 6.09. The predicted molar refractivity (Wildman–Crippen MR) is 100 cm³/mol. The summed E-state index contributed by atoms with van der Waals surface area (Å²) in [6.45, 7) is 4.20. The molecule has 0 spiro atoms. The summed E-state index contributed by atoms with van der Waals surface area (Å²) in [6, 6.07) is 6.65. The first kappa shape index (κ1) is 19.2. The maximum atomic E-state index is 13.0. The van der Waals surface area contributed by atoms with Crippen LogP contribution in [0.5, 0.6) is 5.75 Å². The number of hydrogen-bond donors (Lipinski definition) is 1. The smallest absolute Gasteiger partial charge is 0.325 e. The molecule has 2 aliphatic rings. The van der Waals surface area contributed by atoms with Crippen LogP contribution in [0, 0.1) is 0 Å². The van der Waals surface area contributed by atoms with Crippen molar-refractivity contribution in [3.8, 4) is 5.75 Å². The van der Waals surface area contributed by atoms with Gasteiger partial charge < -0.3 is 15.0 Å². The molecule has 2 aliphatic heterocycles. The molecule has 0 saturated carbocycles. The predicted octanol–water partition coefficient (Wildman–Crippen LogP) is 2.25. The highest BCUT2D eigenvalue weighted by Gasteiger charge is 2.49. The summed E-state index contributed by atoms with van der Waals surface area (Å²) in [6.07, 6.45) is 3.94. The minimum Gasteiger partial charge on any atom is -0.497 e. The molecule has 0 bridgehead atoms. The van der Waals surface area contributed by atoms with E-state index in [1.165, 1.54) is 0 Å². The molecule has 146 valence electrons. The van der Waals surface area contributed by atoms with Gasteiger partial charge >= 0.3 is 6.03 Å². The Morgan fingerprint density at radius 1 is 1.26 bits per heavy atom. The number of benzene rings is 1. The molecule has 1 aromatic carbocycles. The SMILES string of the molecule is CC[C@@H]1CCCCN1C(=O)CN1C(=O)N[C@@](C)(c2ccc(OC)cc2)C1=O. The molecule has 0 aromatic heterocycles. The van der Waals surface area contributed by atoms with E-state index >= 15 is 0 Å². The molecule has 7 nitrogen and oxygen atoms in total. The van der Waals surface area contributed by atoms with Gasteiger partial charge in [-0.15, -0.1) is 0 Å². The van der Waals surface area contributed by atoms with Crippen molar-refractivity contribution >= 4 is 17.8 Å². The van der Waals surface area contributed by atoms with Crippen LogP contribution < -0.4 is 10.1 Å². The number of nitrogens with one attached hydrogen (secondary N) is 1. The Hall–Kier alpha value is -2.57. The number of carbonyl (C=O) groups excluding carboxylic acids is 3. The van der Waals surface area contributed by atoms with Gasteiger partial charge in [-0.25, -0.2) is 4.79 Å². The highest BCUT2D eigenvalue weighted by Crippen LogP contribution is 2.30. The number of rotatable bonds is 5. The van der Waals surface area contributed by atoms with E-state index < -0.39 is 17.5 Å². The van der Waals surface area contributed by atoms with Gasteiger partial charge in [-0.2, -0.15) is 0 Å². The van der Waals surface area contributed by atoms with Crippen LogP contribution in [0.2, 0.25) is 0 Å². The van der Waals surface area contributed by atoms with Crippen molar-refractivity contribution in [1.29, 1.82) is 0 Å². The minimum absolute atomic E-state index is 0.163. The van der Waals surface area contributed by atoms with E-state index in [-0.39, 0.29) is 18.5 Å². The van der Waals surface area contributed by atoms with Gasteiger partial charge in [0, 0.05) is 12.6 Å². The monoisotopic (exact) mass is 373 g/mol. The molecule has 2 saturated heterocycles. The Bertz CT molecular complexity index is 733. The fraction of sp³-hybridized carbons (Fsp3) is 0.550. The fourth-order valence-corrected chi connectivity index (χ4v) is 3.94. The van der Waals surface area contributed by atoms with Crippen LogP contribution in [0.1, 0.15) is 45.1 Å². The zero-order valence-electron chi connectivity index (χ0n) is 16.2. The first-order valence-corrected chi connectivity index (χ1v) is 9.48. The summed E-state index contributed by atoms with van der Waals surface area (Å²) in [5.74, 6) is 0.0990. The number of urea groups is 1. The summed E-state index contributed by atoms with van der Waals surface area (Å²) in [7, 11) is 1.57. The van der Waals surface area contributed by atoms with Crippen LogP contribution in [0.15, 0.2) is 24.3 Å². The lowest BCUT2D eigenvalue weighted by molar-refractivity contribution is -0.141. The number of carbonyl (C=O) groups is 3. The van der Waals surface area contributed by atoms with Crippen molar-refractivity contribution in [2.75, 3.05) is 20.2 Å². The van der Waals surface area contributed by atoms with Crippen molar-refractivity contribution in [3.63, 3.8) is 0 Å². The van der Waals surface area contributed by atoms with E-state index in [0.717, 1.165) is 30.6 Å². The van der Waals surface area contributed by atoms with E-state index in [0.29, 0.717) is 17.9 Å². The van der Waals surface area contributed by atoms with Gasteiger partial charge in [0.05, 0.1) is 7.11 Å². The second-order valence-corrected chi connectivity index (χ2v) is 7.32. The van der Waals surface area contributed by atoms with E-state index in [4.69, 9.17) is 4.74 Å². The molecular formula is C20H27N3O4. The van der Waals surface area contributed by atoms with Crippen LogP contribution in [-0.2, 0) is 15.1 Å². The quantitative estimate of drug-likeness (QED) is 0.803. The van der Waals surface area contributed by atoms with E-state index in [1.54, 1.807) is 38.3 Å². The first-order valence-electron chi connectivity index (χ1n) is 9.48. The van der Waals surface area contributed by atoms with Crippen LogP contribution >= 0.6 is 0 Å². The fourth-order valence-electron chi connectivity index (χ4n) is 3.94. The Morgan fingerprint density at radius 3 is 2.59 bits per heavy atom. The molecule has 3 rings (SSSR count). The molecule has 1 aromatic rings. The van der Waals surface area contributed by atoms with Gasteiger partial charge in [-0.3, -0.25) is 14.5 Å². The third kappa shape index (κ3) is 3.50. The van der Waals surface area contributed by atoms with Crippen LogP contribution in [-0.4, -0.2) is 53.9 Å². The van der Waals surface area contributed by atoms with Crippen LogP contribution in [0.3, 0.4) is 0 Å². The topological polar surface area (TPSA) is 79.0 Å². The number of piperidine rings is 1. The molecule has 4 amide bonds. The summed E-state index contributed by atoms with van der Waals surface area (Å²) in [5, 5.41) is 2.74. The van der Waals surface area contributed by atoms with E-state index in [2.05, 4.69) is 12.2 Å². The van der Waals surface area contributed by atoms with E-state index in [9.17, 15) is 14.4 Å². The van der Waals surface area contributed by atoms with Gasteiger partial charge in [0.2, 0.25) is 5.91 Å². The van der Waals surface area contributed by atoms with Crippen molar-refractivity contribution in [2.45, 2.75) is 51.1 Å². The molecular weight excluding hydrogens is 346 g/mol. The van der Waals surface area contributed by atoms with Crippen molar-refractivity contribution in [3.05, 3.63) is 29.8 Å². The number of amides is 4. The highest BCUT2D eigenvalue weighted by atomic mass is 16.5. The molecule has 2 heterocycles. The Balaban J connectivity index is 1.76. The zero-order chi connectivity index (χ0) is 19.6. The van der Waals surface area contributed by atoms with Gasteiger partial charge in [0.1, 0.15) is 17.8 Å². The normalized spacial score (nSPS) is 25.5. The second-order valence-electron chi connectivity index (χ2n) is 7.32. The van der Waals surface area contributed by atoms with Gasteiger partial charge in [0.25, 0.3) is 5.91 Å². The molecule has 27 heavy (non-hydrogen) atoms. The van der Waals surface area contributed by atoms with Crippen molar-refractivity contribution in [2.24, 2.45) is 0 Å². The zero-order valence-corrected chi connectivity index (χ0v) is 16.2. The molecule has 0 radical (unpaired) electrons. The van der Waals surface area contributed by atoms with Crippen molar-refractivity contribution < 1.29 is 19.1 Å². The van der Waals surface area contributed by atoms with Gasteiger partial charge in [-0.1, -0.05) is 19.1 Å². The van der Waals surface area contributed by atoms with Gasteiger partial charge in [0.15, 0.2) is 0 Å². The Kier molecular flexibility index (Phi) is 5.39. The summed E-state index contributed by atoms with van der Waals surface area (Å²) in [4.78, 5) is 41.1. The molecule has 2 atom stereocenters. The number of ether oxygens (including phenoxy) is 1. The molecule has 0 unspecified atom stereocenters. The lowest BCUT2D eigenvalue weighted by atomic mass is 9.92. The number of imide groups is 1. The summed E-state index contributed by atoms with van der Waals surface area (Å²) in [5.41, 5.74) is -0.531. The lowest BCUT2D eigenvalue weighted by Gasteiger charge is -2.36. The maximum absolute atomic E-state index is 13.0.